The van der Waals surface area contributed by atoms with E-state index in [0.29, 0.717) is 0 Å². The number of hydrogen-bond donors (Lipinski definition) is 1. The van der Waals surface area contributed by atoms with Crippen LogP contribution < -0.4 is 4.72 Å². The van der Waals surface area contributed by atoms with E-state index in [2.05, 4.69) is 15.8 Å². The lowest BCUT2D eigenvalue weighted by molar-refractivity contribution is 0.588. The molecule has 11 heavy (non-hydrogen) atoms. The summed E-state index contributed by atoms with van der Waals surface area (Å²) in [5.74, 6) is 0. The third-order valence-corrected chi connectivity index (χ3v) is 2.54. The predicted molar refractivity (Wildman–Crippen MR) is 39.3 cm³/mol. The summed E-state index contributed by atoms with van der Waals surface area (Å²) in [5.41, 5.74) is 0. The number of pyridine rings is 1. The fourth-order valence-corrected chi connectivity index (χ4v) is 1.23. The Morgan fingerprint density at radius 2 is 2.36 bits per heavy atom. The van der Waals surface area contributed by atoms with Crippen molar-refractivity contribution in [3.63, 3.8) is 0 Å². The maximum atomic E-state index is 11.0. The van der Waals surface area contributed by atoms with Gasteiger partial charge in [0.2, 0.25) is 10.0 Å². The first kappa shape index (κ1) is 8.16. The van der Waals surface area contributed by atoms with E-state index in [1.165, 1.54) is 25.5 Å². The van der Waals surface area contributed by atoms with Crippen LogP contribution in [0, 0.1) is 6.07 Å². The Kier molecular flexibility index (Phi) is 2.21. The van der Waals surface area contributed by atoms with Gasteiger partial charge in [-0.05, 0) is 13.1 Å². The summed E-state index contributed by atoms with van der Waals surface area (Å²) in [6.45, 7) is 0. The zero-order valence-corrected chi connectivity index (χ0v) is 6.72. The molecule has 0 unspecified atom stereocenters. The van der Waals surface area contributed by atoms with E-state index in [-0.39, 0.29) is 4.90 Å². The third kappa shape index (κ3) is 1.75. The van der Waals surface area contributed by atoms with Crippen LogP contribution >= 0.6 is 0 Å². The van der Waals surface area contributed by atoms with Gasteiger partial charge in [-0.3, -0.25) is 4.98 Å². The van der Waals surface area contributed by atoms with Crippen LogP contribution in [0.3, 0.4) is 0 Å². The monoisotopic (exact) mass is 171 g/mol. The molecule has 1 N–H and O–H groups in total. The van der Waals surface area contributed by atoms with Gasteiger partial charge in [0, 0.05) is 18.5 Å². The zero-order valence-electron chi connectivity index (χ0n) is 5.90. The second-order valence-electron chi connectivity index (χ2n) is 1.83. The smallest absolute Gasteiger partial charge is 0.241 e. The van der Waals surface area contributed by atoms with Crippen molar-refractivity contribution in [3.8, 4) is 0 Å². The highest BCUT2D eigenvalue weighted by Gasteiger charge is 2.09. The van der Waals surface area contributed by atoms with Crippen molar-refractivity contribution in [3.05, 3.63) is 24.5 Å². The fraction of sp³-hybridized carbons (Fsp3) is 0.167. The van der Waals surface area contributed by atoms with E-state index in [9.17, 15) is 8.42 Å². The Balaban J connectivity index is 3.14. The van der Waals surface area contributed by atoms with Crippen LogP contribution in [-0.2, 0) is 10.0 Å². The largest absolute Gasteiger partial charge is 0.263 e. The lowest BCUT2D eigenvalue weighted by Crippen LogP contribution is -2.18. The van der Waals surface area contributed by atoms with Crippen molar-refractivity contribution in [2.24, 2.45) is 0 Å². The number of hydrogen-bond acceptors (Lipinski definition) is 3. The van der Waals surface area contributed by atoms with E-state index in [0.717, 1.165) is 0 Å². The Labute approximate surface area is 65.3 Å². The van der Waals surface area contributed by atoms with Crippen LogP contribution in [-0.4, -0.2) is 20.4 Å². The minimum absolute atomic E-state index is 0.127. The Bertz CT molecular complexity index is 320. The minimum atomic E-state index is -3.34. The van der Waals surface area contributed by atoms with Crippen molar-refractivity contribution in [1.82, 2.24) is 9.71 Å². The molecular weight excluding hydrogens is 164 g/mol. The average Bonchev–Trinajstić information content (AvgIpc) is 2.06. The van der Waals surface area contributed by atoms with Crippen molar-refractivity contribution in [2.75, 3.05) is 7.05 Å². The van der Waals surface area contributed by atoms with Crippen LogP contribution in [0.4, 0.5) is 0 Å². The summed E-state index contributed by atoms with van der Waals surface area (Å²) in [6, 6.07) is 3.93. The maximum absolute atomic E-state index is 11.0. The highest BCUT2D eigenvalue weighted by molar-refractivity contribution is 7.89. The third-order valence-electron chi connectivity index (χ3n) is 1.16. The quantitative estimate of drug-likeness (QED) is 0.669. The summed E-state index contributed by atoms with van der Waals surface area (Å²) in [7, 11) is -1.99. The molecule has 1 aromatic heterocycles. The molecule has 0 amide bonds. The normalized spacial score (nSPS) is 11.4. The Hall–Kier alpha value is -0.940. The molecule has 1 aromatic rings. The summed E-state index contributed by atoms with van der Waals surface area (Å²) in [4.78, 5) is 3.75. The standard InChI is InChI=1S/C6H7N2O2S/c1-7-11(9,10)6-3-2-4-8-5-6/h3-5,7H,1H3. The van der Waals surface area contributed by atoms with Gasteiger partial charge in [-0.2, -0.15) is 0 Å². The van der Waals surface area contributed by atoms with Crippen LogP contribution in [0.2, 0.25) is 0 Å². The van der Waals surface area contributed by atoms with Crippen molar-refractivity contribution in [1.29, 1.82) is 0 Å². The second-order valence-corrected chi connectivity index (χ2v) is 3.71. The second kappa shape index (κ2) is 2.98. The highest BCUT2D eigenvalue weighted by atomic mass is 32.2. The van der Waals surface area contributed by atoms with Gasteiger partial charge in [-0.15, -0.1) is 0 Å². The highest BCUT2D eigenvalue weighted by Crippen LogP contribution is 2.02. The Morgan fingerprint density at radius 1 is 1.64 bits per heavy atom. The van der Waals surface area contributed by atoms with Crippen molar-refractivity contribution in [2.45, 2.75) is 4.90 Å². The molecule has 1 radical (unpaired) electrons. The molecule has 0 saturated carbocycles. The molecule has 0 spiro atoms. The summed E-state index contributed by atoms with van der Waals surface area (Å²) >= 11 is 0. The van der Waals surface area contributed by atoms with Crippen molar-refractivity contribution < 1.29 is 8.42 Å². The maximum Gasteiger partial charge on any atom is 0.241 e. The molecule has 0 aliphatic carbocycles. The average molecular weight is 171 g/mol. The first-order chi connectivity index (χ1) is 5.17. The SMILES string of the molecule is CNS(=O)(=O)c1c[c]cnc1. The van der Waals surface area contributed by atoms with E-state index < -0.39 is 10.0 Å². The first-order valence-corrected chi connectivity index (χ1v) is 4.40. The van der Waals surface area contributed by atoms with Crippen LogP contribution in [0.25, 0.3) is 0 Å². The number of nitrogens with zero attached hydrogens (tertiary/aromatic N) is 1. The van der Waals surface area contributed by atoms with E-state index in [1.54, 1.807) is 0 Å². The molecule has 5 heteroatoms. The number of rotatable bonds is 2. The zero-order chi connectivity index (χ0) is 8.32. The molecule has 0 aliphatic rings. The van der Waals surface area contributed by atoms with Gasteiger partial charge >= 0.3 is 0 Å². The van der Waals surface area contributed by atoms with Gasteiger partial charge in [0.15, 0.2) is 0 Å². The van der Waals surface area contributed by atoms with Crippen LogP contribution in [0.15, 0.2) is 23.4 Å². The summed E-state index contributed by atoms with van der Waals surface area (Å²) in [5, 5.41) is 0. The molecule has 1 heterocycles. The van der Waals surface area contributed by atoms with Gasteiger partial charge in [-0.25, -0.2) is 13.1 Å². The van der Waals surface area contributed by atoms with Crippen LogP contribution in [0.5, 0.6) is 0 Å². The van der Waals surface area contributed by atoms with Gasteiger partial charge in [0.25, 0.3) is 0 Å². The molecule has 0 atom stereocenters. The van der Waals surface area contributed by atoms with E-state index >= 15 is 0 Å². The van der Waals surface area contributed by atoms with Crippen molar-refractivity contribution >= 4 is 10.0 Å². The molecule has 0 aromatic carbocycles. The fourth-order valence-electron chi connectivity index (χ4n) is 0.575. The van der Waals surface area contributed by atoms with E-state index in [4.69, 9.17) is 0 Å². The lowest BCUT2D eigenvalue weighted by Gasteiger charge is -1.98. The van der Waals surface area contributed by atoms with Gasteiger partial charge in [-0.1, -0.05) is 0 Å². The van der Waals surface area contributed by atoms with Crippen LogP contribution in [0.1, 0.15) is 0 Å². The minimum Gasteiger partial charge on any atom is -0.263 e. The number of nitrogens with one attached hydrogen (secondary N) is 1. The predicted octanol–water partition coefficient (Wildman–Crippen LogP) is -0.210. The van der Waals surface area contributed by atoms with Gasteiger partial charge in [0.05, 0.1) is 0 Å². The Morgan fingerprint density at radius 3 is 2.82 bits per heavy atom. The molecule has 0 fully saturated rings. The molecule has 0 saturated heterocycles. The molecule has 0 bridgehead atoms. The molecular formula is C6H7N2O2S. The summed E-state index contributed by atoms with van der Waals surface area (Å²) < 4.78 is 24.2. The number of sulfonamides is 1. The molecule has 4 nitrogen and oxygen atoms in total. The summed E-state index contributed by atoms with van der Waals surface area (Å²) in [6.07, 6.45) is 2.66. The number of aromatic nitrogens is 1. The topological polar surface area (TPSA) is 59.1 Å². The van der Waals surface area contributed by atoms with Gasteiger partial charge < -0.3 is 0 Å². The molecule has 1 rings (SSSR count). The molecule has 0 aliphatic heterocycles. The first-order valence-electron chi connectivity index (χ1n) is 2.91. The van der Waals surface area contributed by atoms with E-state index in [1.807, 2.05) is 0 Å². The molecule has 59 valence electrons. The lowest BCUT2D eigenvalue weighted by atomic mass is 10.5. The van der Waals surface area contributed by atoms with Gasteiger partial charge in [0.1, 0.15) is 4.90 Å².